The number of unbranched alkanes of at least 4 members (excludes halogenated alkanes) is 2. The molecule has 0 aliphatic heterocycles. The minimum Gasteiger partial charge on any atom is -0.398 e. The summed E-state index contributed by atoms with van der Waals surface area (Å²) in [5, 5.41) is 7.78. The Balaban J connectivity index is 1.37. The summed E-state index contributed by atoms with van der Waals surface area (Å²) in [6.45, 7) is 5.74. The van der Waals surface area contributed by atoms with Gasteiger partial charge in [0.2, 0.25) is 5.71 Å². The van der Waals surface area contributed by atoms with Gasteiger partial charge in [0.15, 0.2) is 5.65 Å². The molecule has 45 heavy (non-hydrogen) atoms. The van der Waals surface area contributed by atoms with Gasteiger partial charge in [-0.15, -0.1) is 4.57 Å². The fraction of sp³-hybridized carbons (Fsp3) is 0.400. The maximum Gasteiger partial charge on any atom is 0.442 e. The van der Waals surface area contributed by atoms with Gasteiger partial charge >= 0.3 is 11.3 Å². The van der Waals surface area contributed by atoms with Crippen LogP contribution in [-0.2, 0) is 13.1 Å². The first-order valence-electron chi connectivity index (χ1n) is 15.7. The van der Waals surface area contributed by atoms with Crippen LogP contribution in [0, 0.1) is 0 Å². The highest BCUT2D eigenvalue weighted by Crippen LogP contribution is 2.34. The second kappa shape index (κ2) is 15.3. The second-order valence-corrected chi connectivity index (χ2v) is 12.1. The first-order chi connectivity index (χ1) is 21.8. The Labute approximate surface area is 263 Å². The molecule has 0 aliphatic carbocycles. The first-order valence-corrected chi connectivity index (χ1v) is 15.7. The molecular formula is C35H44N6O4. The van der Waals surface area contributed by atoms with Crippen LogP contribution < -0.4 is 21.9 Å². The molecule has 0 amide bonds. The lowest BCUT2D eigenvalue weighted by atomic mass is 9.99. The summed E-state index contributed by atoms with van der Waals surface area (Å²) in [6.07, 6.45) is 4.61. The summed E-state index contributed by atoms with van der Waals surface area (Å²) in [4.78, 5) is 33.3. The Morgan fingerprint density at radius 1 is 0.711 bits per heavy atom. The van der Waals surface area contributed by atoms with Crippen molar-refractivity contribution >= 4 is 16.7 Å². The molecule has 3 aromatic heterocycles. The largest absolute Gasteiger partial charge is 0.442 e. The van der Waals surface area contributed by atoms with Crippen LogP contribution in [0.15, 0.2) is 79.2 Å². The molecule has 0 atom stereocenters. The number of fused-ring (bicyclic) bond motifs is 3. The summed E-state index contributed by atoms with van der Waals surface area (Å²) in [5.74, 6) is 0. The smallest absolute Gasteiger partial charge is 0.398 e. The van der Waals surface area contributed by atoms with Gasteiger partial charge in [-0.1, -0.05) is 48.5 Å². The van der Waals surface area contributed by atoms with Crippen molar-refractivity contribution in [1.29, 1.82) is 0 Å². The molecule has 0 bridgehead atoms. The lowest BCUT2D eigenvalue weighted by molar-refractivity contribution is 0.285. The molecule has 0 spiro atoms. The normalized spacial score (nSPS) is 11.9. The molecule has 2 N–H and O–H groups in total. The van der Waals surface area contributed by atoms with Crippen molar-refractivity contribution in [1.82, 2.24) is 30.0 Å². The lowest BCUT2D eigenvalue weighted by Crippen LogP contribution is -2.22. The van der Waals surface area contributed by atoms with E-state index in [9.17, 15) is 9.59 Å². The summed E-state index contributed by atoms with van der Waals surface area (Å²) in [6, 6.07) is 20.5. The number of aromatic nitrogens is 2. The zero-order valence-electron chi connectivity index (χ0n) is 26.8. The average molecular weight is 613 g/mol. The predicted octanol–water partition coefficient (Wildman–Crippen LogP) is 4.59. The molecule has 5 rings (SSSR count). The van der Waals surface area contributed by atoms with Crippen LogP contribution in [0.2, 0.25) is 0 Å². The van der Waals surface area contributed by atoms with E-state index in [2.05, 4.69) is 97.2 Å². The van der Waals surface area contributed by atoms with E-state index in [4.69, 9.17) is 13.9 Å². The molecule has 0 saturated carbocycles. The van der Waals surface area contributed by atoms with Gasteiger partial charge in [-0.2, -0.15) is 0 Å². The van der Waals surface area contributed by atoms with Crippen molar-refractivity contribution in [3.8, 4) is 22.4 Å². The van der Waals surface area contributed by atoms with Gasteiger partial charge in [0, 0.05) is 30.1 Å². The van der Waals surface area contributed by atoms with Crippen LogP contribution in [0.1, 0.15) is 36.8 Å². The van der Waals surface area contributed by atoms with Gasteiger partial charge in [-0.3, -0.25) is 0 Å². The monoisotopic (exact) mass is 612 g/mol. The first kappa shape index (κ1) is 32.3. The minimum absolute atomic E-state index is 0.127. The summed E-state index contributed by atoms with van der Waals surface area (Å²) in [7, 11) is 8.40. The van der Waals surface area contributed by atoms with Crippen LogP contribution in [0.4, 0.5) is 0 Å². The van der Waals surface area contributed by atoms with E-state index in [-0.39, 0.29) is 5.71 Å². The molecule has 0 aliphatic rings. The number of rotatable bonds is 16. The van der Waals surface area contributed by atoms with Gasteiger partial charge in [0.05, 0.1) is 5.69 Å². The third-order valence-electron chi connectivity index (χ3n) is 7.83. The Hall–Kier alpha value is -4.09. The minimum atomic E-state index is -1.08. The molecule has 2 aromatic carbocycles. The molecule has 10 heteroatoms. The van der Waals surface area contributed by atoms with E-state index in [1.807, 2.05) is 6.07 Å². The van der Waals surface area contributed by atoms with Gasteiger partial charge in [0.25, 0.3) is 0 Å². The van der Waals surface area contributed by atoms with E-state index in [1.165, 1.54) is 28.5 Å². The third-order valence-corrected chi connectivity index (χ3v) is 7.83. The predicted molar refractivity (Wildman–Crippen MR) is 180 cm³/mol. The molecule has 0 unspecified atom stereocenters. The Morgan fingerprint density at radius 3 is 1.82 bits per heavy atom. The number of hydrogen-bond acceptors (Lipinski definition) is 9. The highest BCUT2D eigenvalue weighted by atomic mass is 16.5. The van der Waals surface area contributed by atoms with Gasteiger partial charge in [0.1, 0.15) is 0 Å². The van der Waals surface area contributed by atoms with E-state index in [1.54, 1.807) is 6.07 Å². The molecule has 0 fully saturated rings. The van der Waals surface area contributed by atoms with Crippen molar-refractivity contribution in [3.05, 3.63) is 92.6 Å². The standard InChI is InChI=1S/C35H44N6O4/c1-39(2)19-7-5-17-36-23-25-9-13-27(14-10-25)29-21-31(38-33-30(29)22-32-41(33)45-35(43)34(42)44-32)28-15-11-26(12-16-28)24-37-18-6-8-20-40(3)4/h9-16,21-22,36-37H,5-8,17-20,23-24H2,1-4H3. The van der Waals surface area contributed by atoms with E-state index >= 15 is 0 Å². The SMILES string of the molecule is CN(C)CCCCNCc1ccc(-c2cc(-c3ccc(CNCCCCN(C)C)cc3)c3cc4oc(=O)c(=O)on4c3n2)cc1. The molecule has 10 nitrogen and oxygen atoms in total. The zero-order chi connectivity index (χ0) is 31.8. The van der Waals surface area contributed by atoms with Gasteiger partial charge < -0.3 is 29.4 Å². The van der Waals surface area contributed by atoms with E-state index < -0.39 is 11.3 Å². The quantitative estimate of drug-likeness (QED) is 0.122. The van der Waals surface area contributed by atoms with Crippen LogP contribution in [-0.4, -0.2) is 73.7 Å². The van der Waals surface area contributed by atoms with Gasteiger partial charge in [-0.05, 0) is 108 Å². The molecule has 3 heterocycles. The molecule has 238 valence electrons. The fourth-order valence-corrected chi connectivity index (χ4v) is 5.34. The van der Waals surface area contributed by atoms with Crippen molar-refractivity contribution in [2.45, 2.75) is 38.8 Å². The lowest BCUT2D eigenvalue weighted by Gasteiger charge is -2.11. The maximum atomic E-state index is 12.1. The number of nitrogens with one attached hydrogen (secondary N) is 2. The molecule has 0 saturated heterocycles. The zero-order valence-corrected chi connectivity index (χ0v) is 26.8. The van der Waals surface area contributed by atoms with E-state index in [0.29, 0.717) is 5.65 Å². The number of nitrogens with zero attached hydrogens (tertiary/aromatic N) is 4. The Kier molecular flexibility index (Phi) is 11.0. The Bertz CT molecular complexity index is 1800. The fourth-order valence-electron chi connectivity index (χ4n) is 5.34. The van der Waals surface area contributed by atoms with Crippen LogP contribution in [0.25, 0.3) is 39.1 Å². The van der Waals surface area contributed by atoms with Crippen molar-refractivity contribution < 1.29 is 8.94 Å². The number of hydrogen-bond donors (Lipinski definition) is 2. The highest BCUT2D eigenvalue weighted by Gasteiger charge is 2.17. The third kappa shape index (κ3) is 8.55. The van der Waals surface area contributed by atoms with E-state index in [0.717, 1.165) is 79.9 Å². The van der Waals surface area contributed by atoms with Gasteiger partial charge in [-0.25, -0.2) is 14.6 Å². The van der Waals surface area contributed by atoms with Crippen molar-refractivity contribution in [2.75, 3.05) is 54.4 Å². The molecular weight excluding hydrogens is 568 g/mol. The van der Waals surface area contributed by atoms with Crippen molar-refractivity contribution in [3.63, 3.8) is 0 Å². The number of pyridine rings is 1. The highest BCUT2D eigenvalue weighted by molar-refractivity contribution is 5.98. The second-order valence-electron chi connectivity index (χ2n) is 12.1. The average Bonchev–Trinajstić information content (AvgIpc) is 3.37. The van der Waals surface area contributed by atoms with Crippen LogP contribution in [0.5, 0.6) is 0 Å². The van der Waals surface area contributed by atoms with Crippen LogP contribution >= 0.6 is 0 Å². The molecule has 5 aromatic rings. The Morgan fingerprint density at radius 2 is 1.27 bits per heavy atom. The summed E-state index contributed by atoms with van der Waals surface area (Å²) in [5.41, 5.74) is 4.32. The molecule has 0 radical (unpaired) electrons. The van der Waals surface area contributed by atoms with Crippen molar-refractivity contribution in [2.24, 2.45) is 0 Å². The number of benzene rings is 2. The maximum absolute atomic E-state index is 12.1. The summed E-state index contributed by atoms with van der Waals surface area (Å²) < 4.78 is 11.8. The van der Waals surface area contributed by atoms with Crippen LogP contribution in [0.3, 0.4) is 0 Å². The topological polar surface area (TPSA) is 108 Å². The summed E-state index contributed by atoms with van der Waals surface area (Å²) >= 11 is 0.